The smallest absolute Gasteiger partial charge is 0.312 e. The molecule has 0 saturated carbocycles. The number of para-hydroxylation sites is 1. The minimum Gasteiger partial charge on any atom is -0.475 e. The molecule has 0 aliphatic carbocycles. The maximum Gasteiger partial charge on any atom is 0.312 e. The number of carbonyl (C=O) groups excluding carboxylic acids is 1. The van der Waals surface area contributed by atoms with E-state index in [1.807, 2.05) is 0 Å². The molecular formula is C10H10BrNO4. The fourth-order valence-electron chi connectivity index (χ4n) is 1.02. The van der Waals surface area contributed by atoms with Crippen LogP contribution in [0.25, 0.3) is 0 Å². The molecule has 1 atom stereocenters. The molecule has 0 amide bonds. The first-order chi connectivity index (χ1) is 7.43. The van der Waals surface area contributed by atoms with Crippen LogP contribution in [-0.2, 0) is 4.79 Å². The molecule has 5 nitrogen and oxygen atoms in total. The van der Waals surface area contributed by atoms with E-state index >= 15 is 0 Å². The molecule has 0 radical (unpaired) electrons. The van der Waals surface area contributed by atoms with Crippen LogP contribution in [0.1, 0.15) is 13.8 Å². The molecule has 0 bridgehead atoms. The lowest BCUT2D eigenvalue weighted by Gasteiger charge is -2.12. The Kier molecular flexibility index (Phi) is 4.00. The molecule has 0 saturated heterocycles. The second kappa shape index (κ2) is 5.07. The van der Waals surface area contributed by atoms with Crippen LogP contribution in [0.5, 0.6) is 5.75 Å². The zero-order valence-electron chi connectivity index (χ0n) is 8.77. The number of nitrogens with zero attached hydrogens (tertiary/aromatic N) is 1. The number of Topliss-reactive ketones (excluding diaryl/α,β-unsaturated/α-hetero) is 1. The van der Waals surface area contributed by atoms with E-state index in [2.05, 4.69) is 15.9 Å². The summed E-state index contributed by atoms with van der Waals surface area (Å²) in [4.78, 5) is 21.2. The van der Waals surface area contributed by atoms with Crippen LogP contribution in [0.2, 0.25) is 0 Å². The van der Waals surface area contributed by atoms with Gasteiger partial charge in [0.2, 0.25) is 5.75 Å². The number of rotatable bonds is 4. The molecule has 1 rings (SSSR count). The van der Waals surface area contributed by atoms with Crippen LogP contribution in [0, 0.1) is 10.1 Å². The highest BCUT2D eigenvalue weighted by atomic mass is 79.9. The van der Waals surface area contributed by atoms with Crippen LogP contribution in [0.4, 0.5) is 5.69 Å². The van der Waals surface area contributed by atoms with Gasteiger partial charge in [-0.3, -0.25) is 14.9 Å². The largest absolute Gasteiger partial charge is 0.475 e. The van der Waals surface area contributed by atoms with Gasteiger partial charge in [0, 0.05) is 6.07 Å². The molecule has 0 spiro atoms. The fourth-order valence-corrected chi connectivity index (χ4v) is 1.47. The third-order valence-corrected chi connectivity index (χ3v) is 2.63. The number of nitro groups is 1. The van der Waals surface area contributed by atoms with Crippen LogP contribution in [-0.4, -0.2) is 16.8 Å². The van der Waals surface area contributed by atoms with Gasteiger partial charge >= 0.3 is 5.69 Å². The van der Waals surface area contributed by atoms with Gasteiger partial charge in [0.1, 0.15) is 0 Å². The van der Waals surface area contributed by atoms with E-state index in [9.17, 15) is 14.9 Å². The van der Waals surface area contributed by atoms with Crippen LogP contribution >= 0.6 is 15.9 Å². The van der Waals surface area contributed by atoms with E-state index < -0.39 is 11.0 Å². The highest BCUT2D eigenvalue weighted by molar-refractivity contribution is 9.10. The number of carbonyl (C=O) groups is 1. The van der Waals surface area contributed by atoms with E-state index in [1.54, 1.807) is 13.0 Å². The molecule has 86 valence electrons. The number of hydrogen-bond donors (Lipinski definition) is 0. The molecule has 0 fully saturated rings. The van der Waals surface area contributed by atoms with Gasteiger partial charge < -0.3 is 4.74 Å². The van der Waals surface area contributed by atoms with E-state index in [4.69, 9.17) is 4.74 Å². The molecule has 6 heteroatoms. The lowest BCUT2D eigenvalue weighted by molar-refractivity contribution is -0.386. The SMILES string of the molecule is CC(=O)C(C)Oc1c(Br)cccc1[N+](=O)[O-]. The summed E-state index contributed by atoms with van der Waals surface area (Å²) in [5.41, 5.74) is -0.164. The predicted octanol–water partition coefficient (Wildman–Crippen LogP) is 2.71. The summed E-state index contributed by atoms with van der Waals surface area (Å²) in [5, 5.41) is 10.7. The monoisotopic (exact) mass is 287 g/mol. The topological polar surface area (TPSA) is 69.4 Å². The van der Waals surface area contributed by atoms with Crippen molar-refractivity contribution in [3.8, 4) is 5.75 Å². The van der Waals surface area contributed by atoms with Gasteiger partial charge in [-0.15, -0.1) is 0 Å². The highest BCUT2D eigenvalue weighted by Crippen LogP contribution is 2.35. The van der Waals surface area contributed by atoms with Crippen molar-refractivity contribution in [1.29, 1.82) is 0 Å². The molecule has 1 aromatic carbocycles. The van der Waals surface area contributed by atoms with Crippen molar-refractivity contribution in [3.05, 3.63) is 32.8 Å². The Bertz CT molecular complexity index is 433. The lowest BCUT2D eigenvalue weighted by Crippen LogP contribution is -2.21. The van der Waals surface area contributed by atoms with Crippen molar-refractivity contribution in [1.82, 2.24) is 0 Å². The molecule has 16 heavy (non-hydrogen) atoms. The average Bonchev–Trinajstić information content (AvgIpc) is 2.20. The van der Waals surface area contributed by atoms with Crippen molar-refractivity contribution >= 4 is 27.4 Å². The van der Waals surface area contributed by atoms with E-state index in [0.717, 1.165) is 0 Å². The zero-order valence-corrected chi connectivity index (χ0v) is 10.4. The summed E-state index contributed by atoms with van der Waals surface area (Å²) in [5.74, 6) is -0.111. The van der Waals surface area contributed by atoms with Gasteiger partial charge in [-0.05, 0) is 35.8 Å². The lowest BCUT2D eigenvalue weighted by atomic mass is 10.2. The summed E-state index contributed by atoms with van der Waals surface area (Å²) in [6.07, 6.45) is -0.711. The van der Waals surface area contributed by atoms with Gasteiger partial charge in [-0.2, -0.15) is 0 Å². The number of benzene rings is 1. The first kappa shape index (κ1) is 12.6. The number of nitro benzene ring substituents is 1. The Morgan fingerprint density at radius 3 is 2.69 bits per heavy atom. The number of ether oxygens (including phenoxy) is 1. The molecular weight excluding hydrogens is 278 g/mol. The maximum atomic E-state index is 11.0. The second-order valence-electron chi connectivity index (χ2n) is 3.22. The van der Waals surface area contributed by atoms with Crippen LogP contribution in [0.15, 0.2) is 22.7 Å². The first-order valence-electron chi connectivity index (χ1n) is 4.53. The molecule has 1 unspecified atom stereocenters. The minimum atomic E-state index is -0.711. The van der Waals surface area contributed by atoms with Gasteiger partial charge in [-0.1, -0.05) is 6.07 Å². The Morgan fingerprint density at radius 2 is 2.19 bits per heavy atom. The molecule has 1 aromatic rings. The summed E-state index contributed by atoms with van der Waals surface area (Å²) in [6, 6.07) is 4.48. The van der Waals surface area contributed by atoms with Crippen molar-refractivity contribution in [2.24, 2.45) is 0 Å². The number of halogens is 1. The summed E-state index contributed by atoms with van der Waals surface area (Å²) >= 11 is 3.15. The minimum absolute atomic E-state index is 0.0789. The number of hydrogen-bond acceptors (Lipinski definition) is 4. The Morgan fingerprint density at radius 1 is 1.56 bits per heavy atom. The van der Waals surface area contributed by atoms with Gasteiger partial charge in [-0.25, -0.2) is 0 Å². The summed E-state index contributed by atoms with van der Waals surface area (Å²) in [6.45, 7) is 2.92. The Labute approximate surface area is 101 Å². The van der Waals surface area contributed by atoms with Crippen molar-refractivity contribution < 1.29 is 14.5 Å². The normalized spacial score (nSPS) is 11.9. The third kappa shape index (κ3) is 2.79. The summed E-state index contributed by atoms with van der Waals surface area (Å²) in [7, 11) is 0. The van der Waals surface area contributed by atoms with Gasteiger partial charge in [0.05, 0.1) is 9.40 Å². The Hall–Kier alpha value is -1.43. The van der Waals surface area contributed by atoms with E-state index in [-0.39, 0.29) is 17.2 Å². The van der Waals surface area contributed by atoms with Crippen LogP contribution in [0.3, 0.4) is 0 Å². The molecule has 0 aliphatic rings. The van der Waals surface area contributed by atoms with E-state index in [0.29, 0.717) is 4.47 Å². The standard InChI is InChI=1S/C10H10BrNO4/c1-6(13)7(2)16-10-8(11)4-3-5-9(10)12(14)15/h3-5,7H,1-2H3. The summed E-state index contributed by atoms with van der Waals surface area (Å²) < 4.78 is 5.71. The highest BCUT2D eigenvalue weighted by Gasteiger charge is 2.21. The van der Waals surface area contributed by atoms with E-state index in [1.165, 1.54) is 19.1 Å². The number of ketones is 1. The van der Waals surface area contributed by atoms with Crippen LogP contribution < -0.4 is 4.74 Å². The third-order valence-electron chi connectivity index (χ3n) is 2.01. The van der Waals surface area contributed by atoms with Gasteiger partial charge in [0.15, 0.2) is 11.9 Å². The quantitative estimate of drug-likeness (QED) is 0.631. The molecule has 0 aliphatic heterocycles. The molecule has 0 aromatic heterocycles. The molecule has 0 N–H and O–H groups in total. The fraction of sp³-hybridized carbons (Fsp3) is 0.300. The van der Waals surface area contributed by atoms with Crippen molar-refractivity contribution in [3.63, 3.8) is 0 Å². The maximum absolute atomic E-state index is 11.0. The first-order valence-corrected chi connectivity index (χ1v) is 5.32. The molecule has 0 heterocycles. The predicted molar refractivity (Wildman–Crippen MR) is 61.6 cm³/mol. The zero-order chi connectivity index (χ0) is 12.3. The van der Waals surface area contributed by atoms with Crippen molar-refractivity contribution in [2.75, 3.05) is 0 Å². The Balaban J connectivity index is 3.11. The second-order valence-corrected chi connectivity index (χ2v) is 4.07. The average molecular weight is 288 g/mol. The van der Waals surface area contributed by atoms with Gasteiger partial charge in [0.25, 0.3) is 0 Å². The van der Waals surface area contributed by atoms with Crippen molar-refractivity contribution in [2.45, 2.75) is 20.0 Å².